The maximum absolute atomic E-state index is 10.7. The molecule has 0 aliphatic heterocycles. The Morgan fingerprint density at radius 3 is 2.22 bits per heavy atom. The molecule has 0 saturated carbocycles. The molecule has 0 bridgehead atoms. The lowest BCUT2D eigenvalue weighted by Crippen LogP contribution is -2.28. The van der Waals surface area contributed by atoms with Gasteiger partial charge in [-0.05, 0) is 6.92 Å². The first-order valence-corrected chi connectivity index (χ1v) is 3.83. The number of quaternary nitrogens is 1. The minimum atomic E-state index is -0.363. The molecule has 0 N–H and O–H groups in total. The fourth-order valence-electron chi connectivity index (χ4n) is 0.237. The van der Waals surface area contributed by atoms with Crippen LogP contribution in [0.4, 0.5) is 4.79 Å². The Labute approximate surface area is 71.2 Å². The second kappa shape index (κ2) is 3.53. The number of hydrogen-bond donors (Lipinski definition) is 0. The van der Waals surface area contributed by atoms with Crippen LogP contribution in [0.25, 0.3) is 0 Å². The summed E-state index contributed by atoms with van der Waals surface area (Å²) in [6.45, 7) is 2.15. The SMILES string of the molecule is CCOC(=O)[N+](C)(Br)Br. The molecule has 0 aromatic rings. The van der Waals surface area contributed by atoms with Gasteiger partial charge in [-0.1, -0.05) is 2.54 Å². The van der Waals surface area contributed by atoms with Crippen molar-refractivity contribution in [2.75, 3.05) is 13.7 Å². The summed E-state index contributed by atoms with van der Waals surface area (Å²) < 4.78 is 4.50. The van der Waals surface area contributed by atoms with Crippen LogP contribution in [0.15, 0.2) is 0 Å². The minimum Gasteiger partial charge on any atom is -0.419 e. The third kappa shape index (κ3) is 3.89. The van der Waals surface area contributed by atoms with Crippen molar-refractivity contribution in [2.45, 2.75) is 6.92 Å². The van der Waals surface area contributed by atoms with E-state index >= 15 is 0 Å². The summed E-state index contributed by atoms with van der Waals surface area (Å²) in [5.74, 6) is 0. The highest BCUT2D eigenvalue weighted by atomic mass is 79.9. The Morgan fingerprint density at radius 1 is 1.67 bits per heavy atom. The lowest BCUT2D eigenvalue weighted by molar-refractivity contribution is -0.500. The average Bonchev–Trinajstić information content (AvgIpc) is 1.64. The van der Waals surface area contributed by atoms with Crippen molar-refractivity contribution in [3.8, 4) is 0 Å². The molecular formula is C4H8Br2NO2+. The third-order valence-corrected chi connectivity index (χ3v) is 1.17. The largest absolute Gasteiger partial charge is 0.536 e. The summed E-state index contributed by atoms with van der Waals surface area (Å²) in [5.41, 5.74) is 0. The van der Waals surface area contributed by atoms with Gasteiger partial charge in [0.1, 0.15) is 0 Å². The Balaban J connectivity index is 3.74. The Morgan fingerprint density at radius 2 is 2.11 bits per heavy atom. The van der Waals surface area contributed by atoms with Crippen LogP contribution in [0.2, 0.25) is 0 Å². The van der Waals surface area contributed by atoms with Crippen LogP contribution in [0, 0.1) is 0 Å². The van der Waals surface area contributed by atoms with Gasteiger partial charge in [-0.15, -0.1) is 0 Å². The van der Waals surface area contributed by atoms with Crippen LogP contribution < -0.4 is 0 Å². The van der Waals surface area contributed by atoms with Gasteiger partial charge in [-0.3, -0.25) is 0 Å². The van der Waals surface area contributed by atoms with Crippen LogP contribution >= 0.6 is 32.3 Å². The third-order valence-electron chi connectivity index (χ3n) is 0.588. The van der Waals surface area contributed by atoms with Crippen molar-refractivity contribution in [1.29, 1.82) is 0 Å². The smallest absolute Gasteiger partial charge is 0.419 e. The van der Waals surface area contributed by atoms with Crippen LogP contribution in [-0.2, 0) is 4.74 Å². The van der Waals surface area contributed by atoms with Crippen LogP contribution in [0.5, 0.6) is 0 Å². The van der Waals surface area contributed by atoms with Crippen LogP contribution in [-0.4, -0.2) is 22.3 Å². The van der Waals surface area contributed by atoms with Crippen molar-refractivity contribution in [2.24, 2.45) is 0 Å². The molecule has 0 unspecified atom stereocenters. The number of ether oxygens (including phenoxy) is 1. The molecule has 5 heteroatoms. The summed E-state index contributed by atoms with van der Waals surface area (Å²) in [6.07, 6.45) is -0.363. The van der Waals surface area contributed by atoms with Crippen LogP contribution in [0.3, 0.4) is 0 Å². The summed E-state index contributed by atoms with van der Waals surface area (Å²) in [7, 11) is 1.61. The lowest BCUT2D eigenvalue weighted by atomic mass is 10.9. The molecule has 1 amide bonds. The van der Waals surface area contributed by atoms with E-state index in [0.29, 0.717) is 6.61 Å². The van der Waals surface area contributed by atoms with Crippen LogP contribution in [0.1, 0.15) is 6.92 Å². The molecule has 0 aliphatic carbocycles. The molecule has 0 saturated heterocycles. The van der Waals surface area contributed by atoms with Gasteiger partial charge in [0.25, 0.3) is 32.3 Å². The van der Waals surface area contributed by atoms with E-state index in [1.807, 2.05) is 0 Å². The van der Waals surface area contributed by atoms with Crippen molar-refractivity contribution in [3.05, 3.63) is 0 Å². The summed E-state index contributed by atoms with van der Waals surface area (Å²) in [5, 5.41) is 0. The Hall–Kier alpha value is 0.390. The first kappa shape index (κ1) is 9.39. The summed E-state index contributed by atoms with van der Waals surface area (Å²) in [6, 6.07) is 0. The predicted molar refractivity (Wildman–Crippen MR) is 41.1 cm³/mol. The zero-order chi connectivity index (χ0) is 7.49. The van der Waals surface area contributed by atoms with Gasteiger partial charge in [0.05, 0.1) is 13.7 Å². The molecule has 0 aliphatic rings. The maximum Gasteiger partial charge on any atom is 0.536 e. The van der Waals surface area contributed by atoms with Gasteiger partial charge >= 0.3 is 6.09 Å². The fourth-order valence-corrected chi connectivity index (χ4v) is 0.442. The predicted octanol–water partition coefficient (Wildman–Crippen LogP) is 2.21. The quantitative estimate of drug-likeness (QED) is 0.677. The molecule has 3 nitrogen and oxygen atoms in total. The highest BCUT2D eigenvalue weighted by molar-refractivity contribution is 9.16. The van der Waals surface area contributed by atoms with Gasteiger partial charge in [0.2, 0.25) is 0 Å². The van der Waals surface area contributed by atoms with Gasteiger partial charge in [0.15, 0.2) is 0 Å². The van der Waals surface area contributed by atoms with Crippen molar-refractivity contribution >= 4 is 38.4 Å². The second-order valence-electron chi connectivity index (χ2n) is 1.49. The molecule has 0 aromatic heterocycles. The number of nitrogens with zero attached hydrogens (tertiary/aromatic N) is 1. The topological polar surface area (TPSA) is 26.3 Å². The highest BCUT2D eigenvalue weighted by Gasteiger charge is 2.29. The standard InChI is InChI=1S/C4H8Br2NO2/c1-3-9-4(8)7(2,5)6/h3H2,1-2H3/q+1. The van der Waals surface area contributed by atoms with E-state index in [2.05, 4.69) is 37.0 Å². The number of hydrogen-bond acceptors (Lipinski definition) is 2. The van der Waals surface area contributed by atoms with Crippen molar-refractivity contribution in [3.63, 3.8) is 0 Å². The first-order chi connectivity index (χ1) is 3.98. The molecule has 0 heterocycles. The van der Waals surface area contributed by atoms with E-state index in [-0.39, 0.29) is 8.63 Å². The van der Waals surface area contributed by atoms with Crippen molar-refractivity contribution in [1.82, 2.24) is 0 Å². The second-order valence-corrected chi connectivity index (χ2v) is 5.28. The molecule has 9 heavy (non-hydrogen) atoms. The summed E-state index contributed by atoms with van der Waals surface area (Å²) >= 11 is 6.05. The molecule has 54 valence electrons. The Bertz CT molecular complexity index is 110. The Kier molecular flexibility index (Phi) is 3.68. The minimum absolute atomic E-state index is 0.145. The van der Waals surface area contributed by atoms with Gasteiger partial charge < -0.3 is 4.74 Å². The van der Waals surface area contributed by atoms with Crippen molar-refractivity contribution < 1.29 is 12.1 Å². The molecule has 0 fully saturated rings. The normalized spacial score (nSPS) is 11.1. The first-order valence-electron chi connectivity index (χ1n) is 2.41. The number of carbonyl (C=O) groups is 1. The molecular weight excluding hydrogens is 254 g/mol. The molecule has 0 spiro atoms. The lowest BCUT2D eigenvalue weighted by Gasteiger charge is -2.09. The van der Waals surface area contributed by atoms with E-state index in [4.69, 9.17) is 0 Å². The molecule has 0 rings (SSSR count). The average molecular weight is 262 g/mol. The van der Waals surface area contributed by atoms with E-state index in [1.54, 1.807) is 14.0 Å². The zero-order valence-electron chi connectivity index (χ0n) is 5.23. The van der Waals surface area contributed by atoms with Gasteiger partial charge in [-0.2, -0.15) is 4.79 Å². The zero-order valence-corrected chi connectivity index (χ0v) is 8.40. The number of carbonyl (C=O) groups excluding carboxylic acids is 1. The van der Waals surface area contributed by atoms with E-state index in [9.17, 15) is 4.79 Å². The van der Waals surface area contributed by atoms with E-state index in [1.165, 1.54) is 0 Å². The number of rotatable bonds is 1. The monoisotopic (exact) mass is 260 g/mol. The number of amides is 1. The molecule has 0 radical (unpaired) electrons. The fraction of sp³-hybridized carbons (Fsp3) is 0.750. The van der Waals surface area contributed by atoms with Gasteiger partial charge in [-0.25, -0.2) is 0 Å². The number of halogens is 2. The maximum atomic E-state index is 10.7. The van der Waals surface area contributed by atoms with E-state index in [0.717, 1.165) is 0 Å². The summed E-state index contributed by atoms with van der Waals surface area (Å²) in [4.78, 5) is 10.7. The molecule has 0 aromatic carbocycles. The molecule has 0 atom stereocenters. The highest BCUT2D eigenvalue weighted by Crippen LogP contribution is 2.19. The van der Waals surface area contributed by atoms with E-state index < -0.39 is 0 Å². The van der Waals surface area contributed by atoms with Gasteiger partial charge in [0, 0.05) is 0 Å².